The van der Waals surface area contributed by atoms with E-state index in [0.717, 1.165) is 30.6 Å². The average molecular weight is 1620 g/mol. The molecule has 608 valence electrons. The van der Waals surface area contributed by atoms with Crippen molar-refractivity contribution >= 4 is 70.1 Å². The van der Waals surface area contributed by atoms with Crippen molar-refractivity contribution in [2.24, 2.45) is 0 Å². The van der Waals surface area contributed by atoms with E-state index in [-0.39, 0.29) is 100.0 Å². The van der Waals surface area contributed by atoms with Gasteiger partial charge in [0.1, 0.15) is 50.6 Å². The number of rotatable bonds is 24. The van der Waals surface area contributed by atoms with Crippen LogP contribution in [0.1, 0.15) is 106 Å². The molecule has 1 unspecified atom stereocenters. The zero-order valence-corrected chi connectivity index (χ0v) is 64.9. The Morgan fingerprint density at radius 3 is 1.50 bits per heavy atom. The van der Waals surface area contributed by atoms with E-state index in [1.54, 1.807) is 112 Å². The number of carbonyl (C=O) groups is 4. The molecule has 4 aliphatic rings. The summed E-state index contributed by atoms with van der Waals surface area (Å²) < 4.78 is 121. The maximum Gasteiger partial charge on any atom is 0.423 e. The van der Waals surface area contributed by atoms with Gasteiger partial charge in [-0.2, -0.15) is 41.3 Å². The third-order valence-corrected chi connectivity index (χ3v) is 19.7. The Labute approximate surface area is 661 Å². The maximum atomic E-state index is 13.7. The monoisotopic (exact) mass is 1620 g/mol. The lowest BCUT2D eigenvalue weighted by Crippen LogP contribution is -2.53. The molecule has 0 bridgehead atoms. The fourth-order valence-corrected chi connectivity index (χ4v) is 13.3. The summed E-state index contributed by atoms with van der Waals surface area (Å²) in [7, 11) is 13.0. The van der Waals surface area contributed by atoms with Crippen molar-refractivity contribution in [3.63, 3.8) is 0 Å². The van der Waals surface area contributed by atoms with Crippen LogP contribution in [0, 0.1) is 6.92 Å². The summed E-state index contributed by atoms with van der Waals surface area (Å²) in [5.41, 5.74) is 3.91. The fourth-order valence-electron chi connectivity index (χ4n) is 13.1. The van der Waals surface area contributed by atoms with E-state index in [0.29, 0.717) is 98.9 Å². The van der Waals surface area contributed by atoms with Crippen LogP contribution < -0.4 is 49.7 Å². The number of aliphatic hydroxyl groups is 4. The van der Waals surface area contributed by atoms with E-state index in [1.807, 2.05) is 40.0 Å². The summed E-state index contributed by atoms with van der Waals surface area (Å²) in [6.07, 6.45) is -7.83. The molecule has 1 saturated heterocycles. The van der Waals surface area contributed by atoms with E-state index < -0.39 is 66.2 Å². The lowest BCUT2D eigenvalue weighted by atomic mass is 9.94. The molecule has 36 heteroatoms. The zero-order valence-electron chi connectivity index (χ0n) is 64.1. The number of nitrogens with one attached hydrogen (secondary N) is 4. The van der Waals surface area contributed by atoms with Gasteiger partial charge in [0.15, 0.2) is 0 Å². The van der Waals surface area contributed by atoms with Gasteiger partial charge >= 0.3 is 12.4 Å². The summed E-state index contributed by atoms with van der Waals surface area (Å²) in [4.78, 5) is 82.3. The number of hydrogen-bond acceptors (Lipinski definition) is 25. The molecule has 13 rings (SSSR count). The number of piperidine rings is 1. The number of amides is 4. The number of benzene rings is 6. The summed E-state index contributed by atoms with van der Waals surface area (Å²) >= 11 is 6.42. The second kappa shape index (κ2) is 35.3. The lowest BCUT2D eigenvalue weighted by molar-refractivity contribution is -0.140. The molecule has 1 fully saturated rings. The number of hydrogen-bond donors (Lipinski definition) is 8. The van der Waals surface area contributed by atoms with Crippen molar-refractivity contribution in [1.29, 1.82) is 0 Å². The minimum absolute atomic E-state index is 0.0404. The molecular weight excluding hydrogens is 1530 g/mol. The molecule has 4 atom stereocenters. The Hall–Kier alpha value is -11.7. The van der Waals surface area contributed by atoms with Gasteiger partial charge in [-0.25, -0.2) is 15.0 Å². The van der Waals surface area contributed by atoms with Crippen LogP contribution in [0.25, 0.3) is 0 Å². The molecule has 8 N–H and O–H groups in total. The van der Waals surface area contributed by atoms with Crippen LogP contribution in [0.15, 0.2) is 122 Å². The van der Waals surface area contributed by atoms with E-state index in [4.69, 9.17) is 55.0 Å². The number of methoxy groups -OCH3 is 4. The Balaban J connectivity index is 0.000000171. The standard InChI is InChI=1S/C31H37ClN6O5.2C24H23F3N4O5/c1-17-13-22(24(41-6)14-18(17)27(39)34-21-11-12-37(4)16-25(21)42-7)35-30-33-15-20(32)28(36-30)43-23-10-8-9-19-26(23)29(40)38(5)31(19,2)3;2*1-31-11-14-4-3-5-18(20(14)22(31)34)36-21-16(24(25,26)27)10-28-23(30-21)29-17-7-6-13(8-15(33)12-32)9-19(17)35-2/h8-10,13-15,21,25H,11-12,16H2,1-7H3,(H,34,39)(H,33,35,36);2*3-7,9-10,15,32-33H,8,11-12H2,1-2H3,(H,28,29,30)/t21?,25-;2*15-/m110/s1. The Bertz CT molecular complexity index is 4930. The van der Waals surface area contributed by atoms with Gasteiger partial charge in [-0.3, -0.25) is 19.2 Å². The first-order chi connectivity index (χ1) is 54.6. The van der Waals surface area contributed by atoms with Crippen LogP contribution >= 0.6 is 11.6 Å². The Kier molecular flexibility index (Phi) is 25.9. The van der Waals surface area contributed by atoms with E-state index in [2.05, 4.69) is 56.1 Å². The van der Waals surface area contributed by atoms with E-state index in [9.17, 15) is 55.7 Å². The summed E-state index contributed by atoms with van der Waals surface area (Å²) in [5, 5.41) is 49.5. The first kappa shape index (κ1) is 84.2. The predicted molar refractivity (Wildman–Crippen MR) is 409 cm³/mol. The summed E-state index contributed by atoms with van der Waals surface area (Å²) in [6, 6.07) is 28.0. The van der Waals surface area contributed by atoms with Gasteiger partial charge in [-0.05, 0) is 129 Å². The predicted octanol–water partition coefficient (Wildman–Crippen LogP) is 11.8. The number of fused-ring (bicyclic) bond motifs is 3. The van der Waals surface area contributed by atoms with Gasteiger partial charge in [-0.1, -0.05) is 60.1 Å². The van der Waals surface area contributed by atoms with Crippen molar-refractivity contribution in [3.05, 3.63) is 194 Å². The average Bonchev–Trinajstić information content (AvgIpc) is 1.58. The van der Waals surface area contributed by atoms with Crippen molar-refractivity contribution in [2.45, 2.75) is 95.4 Å². The molecule has 6 aromatic carbocycles. The van der Waals surface area contributed by atoms with E-state index in [1.165, 1.54) is 49.5 Å². The molecule has 0 saturated carbocycles. The normalized spacial score (nSPS) is 16.1. The van der Waals surface area contributed by atoms with Crippen LogP contribution in [-0.2, 0) is 48.6 Å². The van der Waals surface area contributed by atoms with Crippen molar-refractivity contribution in [2.75, 3.05) is 98.9 Å². The summed E-state index contributed by atoms with van der Waals surface area (Å²) in [5.74, 6) is -1.37. The van der Waals surface area contributed by atoms with Crippen LogP contribution in [-0.4, -0.2) is 201 Å². The third kappa shape index (κ3) is 19.1. The maximum absolute atomic E-state index is 13.7. The second-order valence-corrected chi connectivity index (χ2v) is 28.2. The first-order valence-electron chi connectivity index (χ1n) is 35.7. The molecule has 4 aliphatic heterocycles. The number of halogens is 7. The quantitative estimate of drug-likeness (QED) is 0.0261. The molecule has 3 aromatic heterocycles. The number of aromatic nitrogens is 6. The van der Waals surface area contributed by atoms with Gasteiger partial charge in [0.2, 0.25) is 35.5 Å². The molecule has 29 nitrogen and oxygen atoms in total. The number of nitrogens with zero attached hydrogens (tertiary/aromatic N) is 10. The van der Waals surface area contributed by atoms with Crippen molar-refractivity contribution in [3.8, 4) is 52.1 Å². The van der Waals surface area contributed by atoms with Crippen LogP contribution in [0.2, 0.25) is 5.02 Å². The first-order valence-corrected chi connectivity index (χ1v) is 36.1. The Morgan fingerprint density at radius 2 is 1.03 bits per heavy atom. The molecule has 9 aromatic rings. The molecular formula is C79H83ClF6N14O15. The highest BCUT2D eigenvalue weighted by molar-refractivity contribution is 6.31. The number of aryl methyl sites for hydroxylation is 1. The molecule has 4 amide bonds. The minimum atomic E-state index is -4.81. The fraction of sp³-hybridized carbons (Fsp3) is 0.342. The summed E-state index contributed by atoms with van der Waals surface area (Å²) in [6.45, 7) is 7.26. The number of alkyl halides is 6. The van der Waals surface area contributed by atoms with Crippen molar-refractivity contribution < 1.29 is 99.1 Å². The SMILES string of the molecule is COc1cc(C(=O)NC2CCN(C)C[C@H]2OC)c(C)cc1Nc1ncc(Cl)c(Oc2cccc3c2C(=O)N(C)C3(C)C)n1.COc1cc(C[C@@H](O)CO)ccc1Nc1ncc(C(F)(F)F)c(Oc2cccc3c2C(=O)N(C)C3)n1.COc1cc(C[C@H](O)CO)ccc1Nc1ncc(C(F)(F)F)c(Oc2cccc3c2C(=O)N(C)C3)n1. The van der Waals surface area contributed by atoms with Gasteiger partial charge < -0.3 is 94.5 Å². The topological polar surface area (TPSA) is 352 Å². The van der Waals surface area contributed by atoms with Gasteiger partial charge in [0, 0.05) is 78.7 Å². The molecule has 7 heterocycles. The number of likely N-dealkylation sites (tertiary alicyclic amines) is 1. The number of ether oxygens (including phenoxy) is 7. The van der Waals surface area contributed by atoms with Gasteiger partial charge in [-0.15, -0.1) is 0 Å². The van der Waals surface area contributed by atoms with Crippen molar-refractivity contribution in [1.82, 2.24) is 54.8 Å². The number of likely N-dealkylation sites (N-methyl/N-ethyl adjacent to an activating group) is 1. The third-order valence-electron chi connectivity index (χ3n) is 19.5. The highest BCUT2D eigenvalue weighted by Crippen LogP contribution is 2.46. The van der Waals surface area contributed by atoms with Gasteiger partial charge in [0.05, 0.1) is 104 Å². The highest BCUT2D eigenvalue weighted by Gasteiger charge is 2.44. The van der Waals surface area contributed by atoms with E-state index >= 15 is 0 Å². The largest absolute Gasteiger partial charge is 0.495 e. The van der Waals surface area contributed by atoms with Crippen LogP contribution in [0.5, 0.6) is 52.1 Å². The minimum Gasteiger partial charge on any atom is -0.495 e. The highest BCUT2D eigenvalue weighted by atomic mass is 35.5. The molecule has 0 aliphatic carbocycles. The molecule has 115 heavy (non-hydrogen) atoms. The molecule has 0 radical (unpaired) electrons. The zero-order chi connectivity index (χ0) is 83.1. The number of anilines is 6. The lowest BCUT2D eigenvalue weighted by Gasteiger charge is -2.36. The van der Waals surface area contributed by atoms with Gasteiger partial charge in [0.25, 0.3) is 23.6 Å². The smallest absolute Gasteiger partial charge is 0.423 e. The Morgan fingerprint density at radius 1 is 0.583 bits per heavy atom. The van der Waals surface area contributed by atoms with Crippen LogP contribution in [0.3, 0.4) is 0 Å². The second-order valence-electron chi connectivity index (χ2n) is 27.8. The number of carbonyl (C=O) groups excluding carboxylic acids is 4. The number of aliphatic hydroxyl groups excluding tert-OH is 4. The molecule has 0 spiro atoms. The van der Waals surface area contributed by atoms with Crippen LogP contribution in [0.4, 0.5) is 61.2 Å².